The van der Waals surface area contributed by atoms with Crippen molar-refractivity contribution in [2.75, 3.05) is 19.5 Å². The first kappa shape index (κ1) is 12.6. The molecule has 88 valence electrons. The second-order valence-corrected chi connectivity index (χ2v) is 3.56. The van der Waals surface area contributed by atoms with Crippen LogP contribution in [0.3, 0.4) is 0 Å². The van der Waals surface area contributed by atoms with E-state index in [1.165, 1.54) is 19.2 Å². The van der Waals surface area contributed by atoms with Crippen molar-refractivity contribution in [3.8, 4) is 11.5 Å². The molecular formula is C11H14ClNO3. The molecule has 0 radical (unpaired) electrons. The molecule has 0 atom stereocenters. The number of methoxy groups -OCH3 is 1. The zero-order valence-corrected chi connectivity index (χ0v) is 9.75. The summed E-state index contributed by atoms with van der Waals surface area (Å²) in [4.78, 5) is 11.6. The van der Waals surface area contributed by atoms with E-state index in [4.69, 9.17) is 16.3 Å². The molecule has 0 spiro atoms. The Bertz CT molecular complexity index is 368. The van der Waals surface area contributed by atoms with Crippen LogP contribution >= 0.6 is 11.6 Å². The van der Waals surface area contributed by atoms with Crippen LogP contribution in [0.4, 0.5) is 0 Å². The van der Waals surface area contributed by atoms with E-state index in [-0.39, 0.29) is 17.2 Å². The molecule has 5 heteroatoms. The number of phenols is 1. The minimum absolute atomic E-state index is 0.0947. The van der Waals surface area contributed by atoms with Crippen LogP contribution in [0.2, 0.25) is 0 Å². The van der Waals surface area contributed by atoms with Gasteiger partial charge in [-0.15, -0.1) is 11.6 Å². The Hall–Kier alpha value is -1.42. The molecule has 1 amide bonds. The minimum Gasteiger partial charge on any atom is -0.507 e. The quantitative estimate of drug-likeness (QED) is 0.612. The fourth-order valence-corrected chi connectivity index (χ4v) is 1.33. The van der Waals surface area contributed by atoms with Crippen LogP contribution in [0.1, 0.15) is 16.8 Å². The van der Waals surface area contributed by atoms with Crippen molar-refractivity contribution in [1.29, 1.82) is 0 Å². The lowest BCUT2D eigenvalue weighted by atomic mass is 10.2. The van der Waals surface area contributed by atoms with Gasteiger partial charge in [-0.1, -0.05) is 0 Å². The molecule has 0 saturated heterocycles. The average Bonchev–Trinajstić information content (AvgIpc) is 2.29. The van der Waals surface area contributed by atoms with E-state index in [9.17, 15) is 9.90 Å². The Labute approximate surface area is 99.2 Å². The number of carbonyl (C=O) groups excluding carboxylic acids is 1. The lowest BCUT2D eigenvalue weighted by Gasteiger charge is -2.07. The summed E-state index contributed by atoms with van der Waals surface area (Å²) < 4.78 is 4.92. The molecule has 1 aromatic rings. The topological polar surface area (TPSA) is 58.6 Å². The highest BCUT2D eigenvalue weighted by Gasteiger charge is 2.10. The van der Waals surface area contributed by atoms with Gasteiger partial charge in [0.05, 0.1) is 12.7 Å². The SMILES string of the molecule is COc1ccc(C(=O)NCCCCl)c(O)c1. The zero-order chi connectivity index (χ0) is 12.0. The van der Waals surface area contributed by atoms with Gasteiger partial charge in [-0.05, 0) is 18.6 Å². The molecule has 0 saturated carbocycles. The average molecular weight is 244 g/mol. The largest absolute Gasteiger partial charge is 0.507 e. The Morgan fingerprint density at radius 1 is 1.56 bits per heavy atom. The number of hydrogen-bond donors (Lipinski definition) is 2. The molecule has 1 aromatic carbocycles. The standard InChI is InChI=1S/C11H14ClNO3/c1-16-8-3-4-9(10(14)7-8)11(15)13-6-2-5-12/h3-4,7,14H,2,5-6H2,1H3,(H,13,15). The van der Waals surface area contributed by atoms with E-state index in [1.807, 2.05) is 0 Å². The molecule has 0 unspecified atom stereocenters. The van der Waals surface area contributed by atoms with Crippen molar-refractivity contribution in [3.63, 3.8) is 0 Å². The van der Waals surface area contributed by atoms with Crippen LogP contribution in [0, 0.1) is 0 Å². The summed E-state index contributed by atoms with van der Waals surface area (Å²) >= 11 is 5.48. The van der Waals surface area contributed by atoms with E-state index in [2.05, 4.69) is 5.32 Å². The molecule has 4 nitrogen and oxygen atoms in total. The van der Waals surface area contributed by atoms with E-state index in [1.54, 1.807) is 6.07 Å². The summed E-state index contributed by atoms with van der Waals surface area (Å²) in [6.45, 7) is 0.494. The second kappa shape index (κ2) is 6.23. The van der Waals surface area contributed by atoms with Gasteiger partial charge in [-0.3, -0.25) is 4.79 Å². The Morgan fingerprint density at radius 2 is 2.31 bits per heavy atom. The number of nitrogens with one attached hydrogen (secondary N) is 1. The molecule has 1 rings (SSSR count). The summed E-state index contributed by atoms with van der Waals surface area (Å²) in [5.41, 5.74) is 0.232. The highest BCUT2D eigenvalue weighted by Crippen LogP contribution is 2.23. The van der Waals surface area contributed by atoms with Gasteiger partial charge in [0.15, 0.2) is 0 Å². The molecule has 0 aliphatic rings. The Kier molecular flexibility index (Phi) is 4.92. The Balaban J connectivity index is 2.68. The first-order valence-electron chi connectivity index (χ1n) is 4.90. The first-order valence-corrected chi connectivity index (χ1v) is 5.43. The molecule has 0 aliphatic carbocycles. The summed E-state index contributed by atoms with van der Waals surface area (Å²) in [6, 6.07) is 4.54. The van der Waals surface area contributed by atoms with Crippen molar-refractivity contribution < 1.29 is 14.6 Å². The summed E-state index contributed by atoms with van der Waals surface area (Å²) in [7, 11) is 1.50. The maximum Gasteiger partial charge on any atom is 0.255 e. The number of carbonyl (C=O) groups is 1. The molecule has 0 heterocycles. The summed E-state index contributed by atoms with van der Waals surface area (Å²) in [5, 5.41) is 12.2. The van der Waals surface area contributed by atoms with Gasteiger partial charge in [-0.25, -0.2) is 0 Å². The monoisotopic (exact) mass is 243 g/mol. The van der Waals surface area contributed by atoms with E-state index >= 15 is 0 Å². The predicted molar refractivity (Wildman–Crippen MR) is 62.3 cm³/mol. The molecular weight excluding hydrogens is 230 g/mol. The summed E-state index contributed by atoms with van der Waals surface area (Å²) in [6.07, 6.45) is 0.699. The number of alkyl halides is 1. The van der Waals surface area contributed by atoms with Gasteiger partial charge in [0.25, 0.3) is 5.91 Å². The van der Waals surface area contributed by atoms with Crippen LogP contribution < -0.4 is 10.1 Å². The van der Waals surface area contributed by atoms with E-state index in [0.29, 0.717) is 24.6 Å². The van der Waals surface area contributed by atoms with Crippen LogP contribution in [-0.2, 0) is 0 Å². The minimum atomic E-state index is -0.315. The number of halogens is 1. The van der Waals surface area contributed by atoms with Gasteiger partial charge in [0.1, 0.15) is 11.5 Å². The van der Waals surface area contributed by atoms with Gasteiger partial charge in [0, 0.05) is 18.5 Å². The number of hydrogen-bond acceptors (Lipinski definition) is 3. The van der Waals surface area contributed by atoms with E-state index < -0.39 is 0 Å². The molecule has 16 heavy (non-hydrogen) atoms. The lowest BCUT2D eigenvalue weighted by molar-refractivity contribution is 0.0951. The molecule has 0 aliphatic heterocycles. The van der Waals surface area contributed by atoms with Gasteiger partial charge < -0.3 is 15.2 Å². The third-order valence-corrected chi connectivity index (χ3v) is 2.31. The molecule has 0 fully saturated rings. The van der Waals surface area contributed by atoms with Crippen LogP contribution in [0.5, 0.6) is 11.5 Å². The molecule has 2 N–H and O–H groups in total. The molecule has 0 bridgehead atoms. The summed E-state index contributed by atoms with van der Waals surface area (Å²) in [5.74, 6) is 0.595. The number of ether oxygens (including phenoxy) is 1. The molecule has 0 aromatic heterocycles. The third kappa shape index (κ3) is 3.31. The number of rotatable bonds is 5. The fraction of sp³-hybridized carbons (Fsp3) is 0.364. The van der Waals surface area contributed by atoms with E-state index in [0.717, 1.165) is 0 Å². The van der Waals surface area contributed by atoms with Crippen LogP contribution in [0.25, 0.3) is 0 Å². The van der Waals surface area contributed by atoms with Crippen molar-refractivity contribution in [1.82, 2.24) is 5.32 Å². The highest BCUT2D eigenvalue weighted by molar-refractivity contribution is 6.17. The maximum absolute atomic E-state index is 11.6. The highest BCUT2D eigenvalue weighted by atomic mass is 35.5. The van der Waals surface area contributed by atoms with Gasteiger partial charge >= 0.3 is 0 Å². The maximum atomic E-state index is 11.6. The fourth-order valence-electron chi connectivity index (χ4n) is 1.19. The Morgan fingerprint density at radius 3 is 2.88 bits per heavy atom. The van der Waals surface area contributed by atoms with Crippen LogP contribution in [-0.4, -0.2) is 30.5 Å². The number of phenolic OH excluding ortho intramolecular Hbond substituents is 1. The zero-order valence-electron chi connectivity index (χ0n) is 9.00. The number of amides is 1. The second-order valence-electron chi connectivity index (χ2n) is 3.18. The third-order valence-electron chi connectivity index (χ3n) is 2.05. The van der Waals surface area contributed by atoms with Gasteiger partial charge in [-0.2, -0.15) is 0 Å². The predicted octanol–water partition coefficient (Wildman–Crippen LogP) is 1.76. The van der Waals surface area contributed by atoms with Crippen molar-refractivity contribution in [2.24, 2.45) is 0 Å². The van der Waals surface area contributed by atoms with Crippen molar-refractivity contribution in [2.45, 2.75) is 6.42 Å². The van der Waals surface area contributed by atoms with Gasteiger partial charge in [0.2, 0.25) is 0 Å². The first-order chi connectivity index (χ1) is 7.69. The number of benzene rings is 1. The van der Waals surface area contributed by atoms with Crippen molar-refractivity contribution in [3.05, 3.63) is 23.8 Å². The lowest BCUT2D eigenvalue weighted by Crippen LogP contribution is -2.24. The normalized spacial score (nSPS) is 9.88. The van der Waals surface area contributed by atoms with Crippen molar-refractivity contribution >= 4 is 17.5 Å². The van der Waals surface area contributed by atoms with Crippen LogP contribution in [0.15, 0.2) is 18.2 Å². The smallest absolute Gasteiger partial charge is 0.255 e. The number of aromatic hydroxyl groups is 1.